The first-order valence-electron chi connectivity index (χ1n) is 5.93. The van der Waals surface area contributed by atoms with Crippen molar-refractivity contribution in [2.45, 2.75) is 6.92 Å². The number of benzene rings is 2. The van der Waals surface area contributed by atoms with Gasteiger partial charge in [0.05, 0.1) is 16.2 Å². The van der Waals surface area contributed by atoms with Gasteiger partial charge in [0.2, 0.25) is 0 Å². The summed E-state index contributed by atoms with van der Waals surface area (Å²) in [5, 5.41) is 22.4. The number of carboxylic acids is 1. The van der Waals surface area contributed by atoms with Crippen LogP contribution in [0.25, 0.3) is 0 Å². The van der Waals surface area contributed by atoms with Crippen molar-refractivity contribution in [2.75, 3.05) is 5.32 Å². The third-order valence-electron chi connectivity index (χ3n) is 2.83. The monoisotopic (exact) mass is 290 g/mol. The van der Waals surface area contributed by atoms with Crippen molar-refractivity contribution in [3.05, 3.63) is 63.5 Å². The van der Waals surface area contributed by atoms with Crippen molar-refractivity contribution in [1.82, 2.24) is 0 Å². The predicted molar refractivity (Wildman–Crippen MR) is 74.5 cm³/mol. The van der Waals surface area contributed by atoms with Gasteiger partial charge < -0.3 is 10.4 Å². The van der Waals surface area contributed by atoms with Crippen molar-refractivity contribution in [3.8, 4) is 0 Å². The van der Waals surface area contributed by atoms with Crippen molar-refractivity contribution < 1.29 is 19.2 Å². The molecule has 0 spiro atoms. The quantitative estimate of drug-likeness (QED) is 0.664. The lowest BCUT2D eigenvalue weighted by atomic mass is 10.1. The van der Waals surface area contributed by atoms with Crippen LogP contribution < -0.4 is 5.32 Å². The van der Waals surface area contributed by atoms with Crippen molar-refractivity contribution >= 4 is 23.0 Å². The molecule has 108 valence electrons. The van der Waals surface area contributed by atoms with E-state index in [9.17, 15) is 19.3 Å². The zero-order chi connectivity index (χ0) is 15.6. The molecule has 0 atom stereocenters. The summed E-state index contributed by atoms with van der Waals surface area (Å²) in [6, 6.07) is 7.63. The summed E-state index contributed by atoms with van der Waals surface area (Å²) < 4.78 is 13.8. The smallest absolute Gasteiger partial charge is 0.335 e. The van der Waals surface area contributed by atoms with E-state index in [2.05, 4.69) is 5.32 Å². The Morgan fingerprint density at radius 3 is 2.52 bits per heavy atom. The zero-order valence-electron chi connectivity index (χ0n) is 11.0. The Balaban J connectivity index is 2.48. The minimum Gasteiger partial charge on any atom is -0.478 e. The lowest BCUT2D eigenvalue weighted by molar-refractivity contribution is -0.383. The largest absolute Gasteiger partial charge is 0.478 e. The summed E-state index contributed by atoms with van der Waals surface area (Å²) in [6.45, 7) is 1.71. The second-order valence-electron chi connectivity index (χ2n) is 4.40. The Hall–Kier alpha value is -2.96. The molecular formula is C14H11FN2O4. The lowest BCUT2D eigenvalue weighted by Crippen LogP contribution is -2.02. The number of nitro benzene ring substituents is 1. The van der Waals surface area contributed by atoms with Gasteiger partial charge in [0, 0.05) is 6.07 Å². The van der Waals surface area contributed by atoms with Crippen LogP contribution in [-0.4, -0.2) is 16.0 Å². The molecule has 0 saturated heterocycles. The normalized spacial score (nSPS) is 10.2. The van der Waals surface area contributed by atoms with Crippen LogP contribution in [0, 0.1) is 22.9 Å². The number of nitrogens with zero attached hydrogens (tertiary/aromatic N) is 1. The molecule has 0 heterocycles. The fraction of sp³-hybridized carbons (Fsp3) is 0.0714. The van der Waals surface area contributed by atoms with E-state index in [1.54, 1.807) is 13.0 Å². The van der Waals surface area contributed by atoms with Gasteiger partial charge in [-0.3, -0.25) is 10.1 Å². The van der Waals surface area contributed by atoms with Gasteiger partial charge in [-0.2, -0.15) is 0 Å². The fourth-order valence-electron chi connectivity index (χ4n) is 1.79. The molecule has 0 bridgehead atoms. The van der Waals surface area contributed by atoms with E-state index in [1.165, 1.54) is 12.1 Å². The van der Waals surface area contributed by atoms with E-state index in [1.807, 2.05) is 0 Å². The van der Waals surface area contributed by atoms with Crippen molar-refractivity contribution in [3.63, 3.8) is 0 Å². The van der Waals surface area contributed by atoms with Gasteiger partial charge >= 0.3 is 5.97 Å². The van der Waals surface area contributed by atoms with Gasteiger partial charge in [-0.05, 0) is 36.8 Å². The van der Waals surface area contributed by atoms with Crippen molar-refractivity contribution in [2.24, 2.45) is 0 Å². The summed E-state index contributed by atoms with van der Waals surface area (Å²) in [5.74, 6) is -1.80. The van der Waals surface area contributed by atoms with Crippen LogP contribution in [0.4, 0.5) is 21.5 Å². The van der Waals surface area contributed by atoms with E-state index in [0.29, 0.717) is 5.56 Å². The molecule has 0 saturated carbocycles. The molecule has 2 aromatic rings. The number of carboxylic acid groups (broad SMARTS) is 1. The number of nitro groups is 1. The van der Waals surface area contributed by atoms with Crippen molar-refractivity contribution in [1.29, 1.82) is 0 Å². The summed E-state index contributed by atoms with van der Waals surface area (Å²) >= 11 is 0. The SMILES string of the molecule is Cc1ccc(Nc2cc(C(=O)O)ccc2[N+](=O)[O-])c(F)c1. The highest BCUT2D eigenvalue weighted by Crippen LogP contribution is 2.30. The van der Waals surface area contributed by atoms with E-state index in [0.717, 1.165) is 18.2 Å². The minimum atomic E-state index is -1.22. The number of carbonyl (C=O) groups is 1. The molecule has 2 aromatic carbocycles. The predicted octanol–water partition coefficient (Wildman–Crippen LogP) is 3.48. The molecule has 0 amide bonds. The Labute approximate surface area is 119 Å². The topological polar surface area (TPSA) is 92.5 Å². The highest BCUT2D eigenvalue weighted by atomic mass is 19.1. The molecule has 2 N–H and O–H groups in total. The molecular weight excluding hydrogens is 279 g/mol. The molecule has 2 rings (SSSR count). The highest BCUT2D eigenvalue weighted by molar-refractivity contribution is 5.90. The molecule has 0 aliphatic rings. The maximum atomic E-state index is 13.8. The number of aryl methyl sites for hydroxylation is 1. The van der Waals surface area contributed by atoms with Crippen LogP contribution >= 0.6 is 0 Å². The zero-order valence-corrected chi connectivity index (χ0v) is 11.0. The molecule has 0 aromatic heterocycles. The van der Waals surface area contributed by atoms with Gasteiger partial charge in [0.1, 0.15) is 11.5 Å². The molecule has 0 radical (unpaired) electrons. The minimum absolute atomic E-state index is 0.0336. The van der Waals surface area contributed by atoms with E-state index >= 15 is 0 Å². The number of anilines is 2. The second-order valence-corrected chi connectivity index (χ2v) is 4.40. The maximum absolute atomic E-state index is 13.8. The van der Waals surface area contributed by atoms with E-state index in [4.69, 9.17) is 5.11 Å². The number of aromatic carboxylic acids is 1. The second kappa shape index (κ2) is 5.58. The first-order valence-corrected chi connectivity index (χ1v) is 5.93. The summed E-state index contributed by atoms with van der Waals surface area (Å²) in [6.07, 6.45) is 0. The Morgan fingerprint density at radius 2 is 1.95 bits per heavy atom. The first-order chi connectivity index (χ1) is 9.88. The van der Waals surface area contributed by atoms with Crippen LogP contribution in [0.15, 0.2) is 36.4 Å². The Bertz CT molecular complexity index is 731. The van der Waals surface area contributed by atoms with Crippen LogP contribution in [0.1, 0.15) is 15.9 Å². The number of hydrogen-bond donors (Lipinski definition) is 2. The number of rotatable bonds is 4. The standard InChI is InChI=1S/C14H11FN2O4/c1-8-2-4-11(10(15)6-8)16-12-7-9(14(18)19)3-5-13(12)17(20)21/h2-7,16H,1H3,(H,18,19). The molecule has 21 heavy (non-hydrogen) atoms. The number of nitrogens with one attached hydrogen (secondary N) is 1. The van der Waals surface area contributed by atoms with Gasteiger partial charge in [-0.1, -0.05) is 6.07 Å². The van der Waals surface area contributed by atoms with Gasteiger partial charge in [0.25, 0.3) is 5.69 Å². The first kappa shape index (κ1) is 14.4. The van der Waals surface area contributed by atoms with Gasteiger partial charge in [-0.25, -0.2) is 9.18 Å². The van der Waals surface area contributed by atoms with E-state index in [-0.39, 0.29) is 22.6 Å². The van der Waals surface area contributed by atoms with Crippen LogP contribution in [-0.2, 0) is 0 Å². The van der Waals surface area contributed by atoms with Crippen LogP contribution in [0.3, 0.4) is 0 Å². The average molecular weight is 290 g/mol. The lowest BCUT2D eigenvalue weighted by Gasteiger charge is -2.09. The van der Waals surface area contributed by atoms with E-state index < -0.39 is 16.7 Å². The maximum Gasteiger partial charge on any atom is 0.335 e. The fourth-order valence-corrected chi connectivity index (χ4v) is 1.79. The van der Waals surface area contributed by atoms with Gasteiger partial charge in [-0.15, -0.1) is 0 Å². The Morgan fingerprint density at radius 1 is 1.24 bits per heavy atom. The summed E-state index contributed by atoms with van der Waals surface area (Å²) in [7, 11) is 0. The molecule has 6 nitrogen and oxygen atoms in total. The van der Waals surface area contributed by atoms with Crippen LogP contribution in [0.2, 0.25) is 0 Å². The third-order valence-corrected chi connectivity index (χ3v) is 2.83. The molecule has 0 unspecified atom stereocenters. The van der Waals surface area contributed by atoms with Crippen LogP contribution in [0.5, 0.6) is 0 Å². The summed E-state index contributed by atoms with van der Waals surface area (Å²) in [5.41, 5.74) is 0.191. The third kappa shape index (κ3) is 3.14. The molecule has 0 fully saturated rings. The molecule has 7 heteroatoms. The molecule has 0 aliphatic heterocycles. The molecule has 0 aliphatic carbocycles. The highest BCUT2D eigenvalue weighted by Gasteiger charge is 2.17. The number of hydrogen-bond acceptors (Lipinski definition) is 4. The average Bonchev–Trinajstić information content (AvgIpc) is 2.41. The summed E-state index contributed by atoms with van der Waals surface area (Å²) in [4.78, 5) is 21.2. The number of halogens is 1. The van der Waals surface area contributed by atoms with Gasteiger partial charge in [0.15, 0.2) is 0 Å². The Kier molecular flexibility index (Phi) is 3.84.